The lowest BCUT2D eigenvalue weighted by Crippen LogP contribution is -2.28. The predicted octanol–water partition coefficient (Wildman–Crippen LogP) is 1.28. The Hall–Kier alpha value is -2.41. The largest absolute Gasteiger partial charge is 0.395 e. The summed E-state index contributed by atoms with van der Waals surface area (Å²) in [6, 6.07) is 4.20. The van der Waals surface area contributed by atoms with Gasteiger partial charge in [0.25, 0.3) is 11.6 Å². The van der Waals surface area contributed by atoms with Crippen LogP contribution in [0.3, 0.4) is 0 Å². The summed E-state index contributed by atoms with van der Waals surface area (Å²) in [5, 5.41) is 20.2. The SMILES string of the molecule is C=CCN(CCO)c1cc(C(=O)N(C)C)ccc1[N+](=O)[O-]. The zero-order valence-corrected chi connectivity index (χ0v) is 12.2. The summed E-state index contributed by atoms with van der Waals surface area (Å²) in [7, 11) is 3.22. The standard InChI is InChI=1S/C14H19N3O4/c1-4-7-16(8-9-18)13-10-11(14(19)15(2)3)5-6-12(13)17(20)21/h4-6,10,18H,1,7-9H2,2-3H3. The Morgan fingerprint density at radius 3 is 2.62 bits per heavy atom. The first-order valence-electron chi connectivity index (χ1n) is 6.39. The van der Waals surface area contributed by atoms with E-state index in [-0.39, 0.29) is 24.7 Å². The van der Waals surface area contributed by atoms with Gasteiger partial charge in [-0.25, -0.2) is 0 Å². The van der Waals surface area contributed by atoms with Crippen molar-refractivity contribution in [3.63, 3.8) is 0 Å². The van der Waals surface area contributed by atoms with Gasteiger partial charge in [-0.1, -0.05) is 6.08 Å². The number of hydrogen-bond donors (Lipinski definition) is 1. The lowest BCUT2D eigenvalue weighted by atomic mass is 10.1. The fraction of sp³-hybridized carbons (Fsp3) is 0.357. The molecule has 7 nitrogen and oxygen atoms in total. The van der Waals surface area contributed by atoms with Crippen molar-refractivity contribution in [3.8, 4) is 0 Å². The molecule has 1 amide bonds. The third-order valence-electron chi connectivity index (χ3n) is 2.89. The molecule has 0 saturated heterocycles. The zero-order valence-electron chi connectivity index (χ0n) is 12.2. The second-order valence-electron chi connectivity index (χ2n) is 4.62. The Kier molecular flexibility index (Phi) is 5.86. The molecule has 0 atom stereocenters. The Balaban J connectivity index is 3.34. The summed E-state index contributed by atoms with van der Waals surface area (Å²) in [4.78, 5) is 25.6. The summed E-state index contributed by atoms with van der Waals surface area (Å²) in [6.07, 6.45) is 1.58. The highest BCUT2D eigenvalue weighted by molar-refractivity contribution is 5.95. The minimum Gasteiger partial charge on any atom is -0.395 e. The minimum absolute atomic E-state index is 0.111. The molecule has 0 aliphatic rings. The van der Waals surface area contributed by atoms with Gasteiger partial charge < -0.3 is 14.9 Å². The van der Waals surface area contributed by atoms with E-state index in [9.17, 15) is 14.9 Å². The maximum Gasteiger partial charge on any atom is 0.292 e. The van der Waals surface area contributed by atoms with Crippen molar-refractivity contribution in [2.45, 2.75) is 0 Å². The van der Waals surface area contributed by atoms with Crippen LogP contribution in [0.25, 0.3) is 0 Å². The van der Waals surface area contributed by atoms with Gasteiger partial charge in [0.05, 0.1) is 11.5 Å². The number of carbonyl (C=O) groups excluding carboxylic acids is 1. The number of hydrogen-bond acceptors (Lipinski definition) is 5. The van der Waals surface area contributed by atoms with Gasteiger partial charge in [-0.2, -0.15) is 0 Å². The highest BCUT2D eigenvalue weighted by atomic mass is 16.6. The smallest absolute Gasteiger partial charge is 0.292 e. The van der Waals surface area contributed by atoms with E-state index in [1.807, 2.05) is 0 Å². The first-order chi connectivity index (χ1) is 9.92. The summed E-state index contributed by atoms with van der Waals surface area (Å²) in [6.45, 7) is 3.99. The first kappa shape index (κ1) is 16.6. The summed E-state index contributed by atoms with van der Waals surface area (Å²) >= 11 is 0. The van der Waals surface area contributed by atoms with Gasteiger partial charge in [-0.15, -0.1) is 6.58 Å². The molecule has 0 aliphatic heterocycles. The lowest BCUT2D eigenvalue weighted by molar-refractivity contribution is -0.384. The van der Waals surface area contributed by atoms with Crippen molar-refractivity contribution in [1.29, 1.82) is 0 Å². The summed E-state index contributed by atoms with van der Waals surface area (Å²) in [5.74, 6) is -0.242. The van der Waals surface area contributed by atoms with Crippen LogP contribution in [0.15, 0.2) is 30.9 Å². The Bertz CT molecular complexity index is 543. The van der Waals surface area contributed by atoms with Crippen LogP contribution >= 0.6 is 0 Å². The number of anilines is 1. The summed E-state index contributed by atoms with van der Waals surface area (Å²) in [5.41, 5.74) is 0.537. The zero-order chi connectivity index (χ0) is 16.0. The minimum atomic E-state index is -0.507. The van der Waals surface area contributed by atoms with E-state index in [0.717, 1.165) is 0 Å². The molecular formula is C14H19N3O4. The van der Waals surface area contributed by atoms with Crippen molar-refractivity contribution in [2.75, 3.05) is 38.7 Å². The molecule has 114 valence electrons. The second kappa shape index (κ2) is 7.39. The van der Waals surface area contributed by atoms with Crippen LogP contribution in [0.1, 0.15) is 10.4 Å². The molecule has 1 rings (SSSR count). The van der Waals surface area contributed by atoms with Crippen LogP contribution < -0.4 is 4.90 Å². The van der Waals surface area contributed by atoms with Crippen molar-refractivity contribution in [1.82, 2.24) is 4.90 Å². The molecule has 0 radical (unpaired) electrons. The van der Waals surface area contributed by atoms with Gasteiger partial charge in [0, 0.05) is 38.8 Å². The molecule has 1 aromatic rings. The molecule has 1 N–H and O–H groups in total. The number of amides is 1. The Labute approximate surface area is 123 Å². The average molecular weight is 293 g/mol. The van der Waals surface area contributed by atoms with E-state index in [2.05, 4.69) is 6.58 Å². The van der Waals surface area contributed by atoms with Crippen LogP contribution in [-0.2, 0) is 0 Å². The lowest BCUT2D eigenvalue weighted by Gasteiger charge is -2.23. The monoisotopic (exact) mass is 293 g/mol. The van der Waals surface area contributed by atoms with Crippen LogP contribution in [0.4, 0.5) is 11.4 Å². The molecule has 0 fully saturated rings. The van der Waals surface area contributed by atoms with Crippen molar-refractivity contribution in [3.05, 3.63) is 46.5 Å². The predicted molar refractivity (Wildman–Crippen MR) is 80.6 cm³/mol. The quantitative estimate of drug-likeness (QED) is 0.465. The molecule has 0 saturated carbocycles. The van der Waals surface area contributed by atoms with Gasteiger partial charge in [0.15, 0.2) is 0 Å². The highest BCUT2D eigenvalue weighted by Gasteiger charge is 2.21. The molecular weight excluding hydrogens is 274 g/mol. The van der Waals surface area contributed by atoms with Gasteiger partial charge in [-0.3, -0.25) is 14.9 Å². The highest BCUT2D eigenvalue weighted by Crippen LogP contribution is 2.29. The van der Waals surface area contributed by atoms with E-state index in [1.165, 1.54) is 23.1 Å². The Morgan fingerprint density at radius 2 is 2.14 bits per heavy atom. The number of rotatable bonds is 7. The number of aliphatic hydroxyl groups is 1. The number of nitrogens with zero attached hydrogens (tertiary/aromatic N) is 3. The first-order valence-corrected chi connectivity index (χ1v) is 6.39. The van der Waals surface area contributed by atoms with Crippen LogP contribution in [0, 0.1) is 10.1 Å². The number of nitro benzene ring substituents is 1. The van der Waals surface area contributed by atoms with Crippen LogP contribution in [0.2, 0.25) is 0 Å². The Morgan fingerprint density at radius 1 is 1.48 bits per heavy atom. The number of nitro groups is 1. The molecule has 0 aliphatic carbocycles. The van der Waals surface area contributed by atoms with Gasteiger partial charge in [0.1, 0.15) is 5.69 Å². The topological polar surface area (TPSA) is 86.9 Å². The molecule has 1 aromatic carbocycles. The molecule has 0 bridgehead atoms. The molecule has 0 heterocycles. The van der Waals surface area contributed by atoms with Gasteiger partial charge in [-0.05, 0) is 12.1 Å². The van der Waals surface area contributed by atoms with E-state index < -0.39 is 4.92 Å². The fourth-order valence-electron chi connectivity index (χ4n) is 1.91. The molecule has 7 heteroatoms. The van der Waals surface area contributed by atoms with Gasteiger partial charge in [0.2, 0.25) is 0 Å². The third kappa shape index (κ3) is 4.03. The molecule has 0 aromatic heterocycles. The number of benzene rings is 1. The van der Waals surface area contributed by atoms with Crippen molar-refractivity contribution in [2.24, 2.45) is 0 Å². The maximum atomic E-state index is 12.0. The number of aliphatic hydroxyl groups excluding tert-OH is 1. The normalized spacial score (nSPS) is 10.0. The van der Waals surface area contributed by atoms with E-state index in [4.69, 9.17) is 5.11 Å². The maximum absolute atomic E-state index is 12.0. The van der Waals surface area contributed by atoms with Crippen LogP contribution in [-0.4, -0.2) is 54.6 Å². The average Bonchev–Trinajstić information content (AvgIpc) is 2.45. The van der Waals surface area contributed by atoms with Crippen molar-refractivity contribution < 1.29 is 14.8 Å². The summed E-state index contributed by atoms with van der Waals surface area (Å²) < 4.78 is 0. The number of carbonyl (C=O) groups is 1. The molecule has 0 spiro atoms. The van der Waals surface area contributed by atoms with E-state index >= 15 is 0 Å². The second-order valence-corrected chi connectivity index (χ2v) is 4.62. The molecule has 0 unspecified atom stereocenters. The van der Waals surface area contributed by atoms with Crippen molar-refractivity contribution >= 4 is 17.3 Å². The van der Waals surface area contributed by atoms with E-state index in [0.29, 0.717) is 17.8 Å². The fourth-order valence-corrected chi connectivity index (χ4v) is 1.91. The van der Waals surface area contributed by atoms with Gasteiger partial charge >= 0.3 is 0 Å². The van der Waals surface area contributed by atoms with Crippen LogP contribution in [0.5, 0.6) is 0 Å². The third-order valence-corrected chi connectivity index (χ3v) is 2.89. The molecule has 21 heavy (non-hydrogen) atoms. The van der Waals surface area contributed by atoms with E-state index in [1.54, 1.807) is 25.1 Å².